The number of ether oxygens (including phenoxy) is 2. The molecule has 0 unspecified atom stereocenters. The van der Waals surface area contributed by atoms with Gasteiger partial charge in [0.2, 0.25) is 5.91 Å². The molecule has 4 rings (SSSR count). The lowest BCUT2D eigenvalue weighted by molar-refractivity contribution is -0.127. The number of aryl methyl sites for hydroxylation is 1. The molecule has 8 nitrogen and oxygen atoms in total. The molecule has 190 valence electrons. The summed E-state index contributed by atoms with van der Waals surface area (Å²) in [7, 11) is 1.47. The molecule has 0 spiro atoms. The Labute approximate surface area is 223 Å². The van der Waals surface area contributed by atoms with E-state index in [2.05, 4.69) is 10.6 Å². The van der Waals surface area contributed by atoms with Crippen molar-refractivity contribution in [3.63, 3.8) is 0 Å². The summed E-state index contributed by atoms with van der Waals surface area (Å²) < 4.78 is 11.0. The van der Waals surface area contributed by atoms with Gasteiger partial charge >= 0.3 is 6.03 Å². The molecule has 3 aromatic carbocycles. The van der Waals surface area contributed by atoms with E-state index in [1.54, 1.807) is 36.4 Å². The van der Waals surface area contributed by atoms with Gasteiger partial charge in [0.05, 0.1) is 22.8 Å². The number of hydrogen-bond acceptors (Lipinski definition) is 5. The van der Waals surface area contributed by atoms with Crippen molar-refractivity contribution in [2.75, 3.05) is 19.0 Å². The van der Waals surface area contributed by atoms with Gasteiger partial charge in [-0.25, -0.2) is 9.69 Å². The van der Waals surface area contributed by atoms with Crippen LogP contribution in [0.5, 0.6) is 11.5 Å². The molecule has 0 atom stereocenters. The van der Waals surface area contributed by atoms with Gasteiger partial charge < -0.3 is 20.1 Å². The average molecular weight is 540 g/mol. The maximum Gasteiger partial charge on any atom is 0.329 e. The van der Waals surface area contributed by atoms with Crippen molar-refractivity contribution in [2.24, 2.45) is 0 Å². The fourth-order valence-electron chi connectivity index (χ4n) is 3.72. The van der Waals surface area contributed by atoms with Crippen molar-refractivity contribution in [2.45, 2.75) is 13.5 Å². The van der Waals surface area contributed by atoms with E-state index < -0.39 is 24.4 Å². The topological polar surface area (TPSA) is 97.0 Å². The Morgan fingerprint density at radius 1 is 1.05 bits per heavy atom. The summed E-state index contributed by atoms with van der Waals surface area (Å²) in [4.78, 5) is 38.5. The molecule has 10 heteroatoms. The Balaban J connectivity index is 1.44. The summed E-state index contributed by atoms with van der Waals surface area (Å²) in [6.45, 7) is 1.79. The molecule has 0 bridgehead atoms. The van der Waals surface area contributed by atoms with Gasteiger partial charge in [-0.3, -0.25) is 9.59 Å². The fourth-order valence-corrected chi connectivity index (χ4v) is 4.33. The van der Waals surface area contributed by atoms with E-state index >= 15 is 0 Å². The molecule has 0 aliphatic carbocycles. The maximum absolute atomic E-state index is 12.8. The standard InChI is InChI=1S/C27H23Cl2N3O5/c1-16-6-5-7-17(10-16)15-37-25-19(28)11-18(12-20(25)29)13-22-26(34)32(27(35)31-22)14-24(33)30-21-8-3-4-9-23(21)36-2/h3-13H,14-15H2,1-2H3,(H,30,33)(H,31,35)/b22-13+. The zero-order valence-electron chi connectivity index (χ0n) is 20.0. The molecule has 1 aliphatic heterocycles. The Morgan fingerprint density at radius 3 is 2.49 bits per heavy atom. The predicted molar refractivity (Wildman–Crippen MR) is 142 cm³/mol. The van der Waals surface area contributed by atoms with Crippen LogP contribution in [-0.4, -0.2) is 36.4 Å². The highest BCUT2D eigenvalue weighted by molar-refractivity contribution is 6.37. The van der Waals surface area contributed by atoms with Crippen LogP contribution in [-0.2, 0) is 16.2 Å². The highest BCUT2D eigenvalue weighted by Gasteiger charge is 2.35. The molecule has 37 heavy (non-hydrogen) atoms. The van der Waals surface area contributed by atoms with Crippen LogP contribution in [0.2, 0.25) is 10.0 Å². The average Bonchev–Trinajstić information content (AvgIpc) is 3.11. The molecule has 4 amide bonds. The zero-order valence-corrected chi connectivity index (χ0v) is 21.5. The SMILES string of the molecule is COc1ccccc1NC(=O)CN1C(=O)N/C(=C/c2cc(Cl)c(OCc3cccc(C)c3)c(Cl)c2)C1=O. The highest BCUT2D eigenvalue weighted by Crippen LogP contribution is 2.35. The third-order valence-electron chi connectivity index (χ3n) is 5.44. The molecule has 3 aromatic rings. The van der Waals surface area contributed by atoms with Gasteiger partial charge in [0.1, 0.15) is 24.6 Å². The van der Waals surface area contributed by atoms with Crippen molar-refractivity contribution < 1.29 is 23.9 Å². The highest BCUT2D eigenvalue weighted by atomic mass is 35.5. The van der Waals surface area contributed by atoms with Crippen LogP contribution in [0.4, 0.5) is 10.5 Å². The summed E-state index contributed by atoms with van der Waals surface area (Å²) in [5, 5.41) is 5.61. The number of para-hydroxylation sites is 2. The second-order valence-corrected chi connectivity index (χ2v) is 9.03. The van der Waals surface area contributed by atoms with Gasteiger partial charge in [-0.15, -0.1) is 0 Å². The van der Waals surface area contributed by atoms with E-state index in [0.29, 0.717) is 22.7 Å². The summed E-state index contributed by atoms with van der Waals surface area (Å²) in [6.07, 6.45) is 1.43. The van der Waals surface area contributed by atoms with Gasteiger partial charge in [-0.1, -0.05) is 65.2 Å². The van der Waals surface area contributed by atoms with Crippen molar-refractivity contribution in [1.29, 1.82) is 0 Å². The first-order chi connectivity index (χ1) is 17.7. The minimum absolute atomic E-state index is 0.0179. The minimum atomic E-state index is -0.721. The number of imide groups is 1. The van der Waals surface area contributed by atoms with Crippen LogP contribution in [0.25, 0.3) is 6.08 Å². The first-order valence-corrected chi connectivity index (χ1v) is 12.0. The first kappa shape index (κ1) is 26.1. The molecular weight excluding hydrogens is 517 g/mol. The van der Waals surface area contributed by atoms with Gasteiger partial charge in [-0.05, 0) is 48.4 Å². The molecule has 1 heterocycles. The molecule has 0 radical (unpaired) electrons. The van der Waals surface area contributed by atoms with E-state index in [1.165, 1.54) is 13.2 Å². The van der Waals surface area contributed by atoms with E-state index in [1.807, 2.05) is 31.2 Å². The number of amides is 4. The minimum Gasteiger partial charge on any atom is -0.495 e. The number of nitrogens with zero attached hydrogens (tertiary/aromatic N) is 1. The van der Waals surface area contributed by atoms with E-state index in [-0.39, 0.29) is 22.3 Å². The third kappa shape index (κ3) is 6.22. The molecule has 0 aromatic heterocycles. The Kier molecular flexibility index (Phi) is 8.01. The maximum atomic E-state index is 12.8. The van der Waals surface area contributed by atoms with Crippen LogP contribution in [0.1, 0.15) is 16.7 Å². The van der Waals surface area contributed by atoms with Crippen LogP contribution in [0.15, 0.2) is 66.4 Å². The monoisotopic (exact) mass is 539 g/mol. The Bertz CT molecular complexity index is 1380. The van der Waals surface area contributed by atoms with Crippen molar-refractivity contribution in [1.82, 2.24) is 10.2 Å². The molecule has 1 aliphatic rings. The second kappa shape index (κ2) is 11.4. The molecular formula is C27H23Cl2N3O5. The lowest BCUT2D eigenvalue weighted by Crippen LogP contribution is -2.38. The van der Waals surface area contributed by atoms with Crippen molar-refractivity contribution >= 4 is 52.8 Å². The van der Waals surface area contributed by atoms with Crippen LogP contribution in [0, 0.1) is 6.92 Å². The number of methoxy groups -OCH3 is 1. The van der Waals surface area contributed by atoms with E-state index in [9.17, 15) is 14.4 Å². The van der Waals surface area contributed by atoms with Gasteiger partial charge in [0, 0.05) is 0 Å². The smallest absolute Gasteiger partial charge is 0.329 e. The number of rotatable bonds is 8. The van der Waals surface area contributed by atoms with Crippen LogP contribution >= 0.6 is 23.2 Å². The van der Waals surface area contributed by atoms with E-state index in [4.69, 9.17) is 32.7 Å². The van der Waals surface area contributed by atoms with E-state index in [0.717, 1.165) is 16.0 Å². The summed E-state index contributed by atoms with van der Waals surface area (Å²) >= 11 is 12.8. The quantitative estimate of drug-likeness (QED) is 0.294. The normalized spacial score (nSPS) is 14.1. The predicted octanol–water partition coefficient (Wildman–Crippen LogP) is 5.42. The Hall–Kier alpha value is -4.01. The van der Waals surface area contributed by atoms with Crippen LogP contribution in [0.3, 0.4) is 0 Å². The fraction of sp³-hybridized carbons (Fsp3) is 0.148. The summed E-state index contributed by atoms with van der Waals surface area (Å²) in [5.41, 5.74) is 2.95. The molecule has 0 saturated carbocycles. The lowest BCUT2D eigenvalue weighted by Gasteiger charge is -2.13. The number of anilines is 1. The molecule has 1 saturated heterocycles. The van der Waals surface area contributed by atoms with Gasteiger partial charge in [0.15, 0.2) is 5.75 Å². The number of benzene rings is 3. The number of carbonyl (C=O) groups is 3. The first-order valence-electron chi connectivity index (χ1n) is 11.2. The van der Waals surface area contributed by atoms with Crippen molar-refractivity contribution in [3.8, 4) is 11.5 Å². The summed E-state index contributed by atoms with van der Waals surface area (Å²) in [5.74, 6) is -0.459. The molecule has 1 fully saturated rings. The number of urea groups is 1. The second-order valence-electron chi connectivity index (χ2n) is 8.22. The third-order valence-corrected chi connectivity index (χ3v) is 6.00. The number of carbonyl (C=O) groups excluding carboxylic acids is 3. The van der Waals surface area contributed by atoms with Gasteiger partial charge in [-0.2, -0.15) is 0 Å². The number of hydrogen-bond donors (Lipinski definition) is 2. The lowest BCUT2D eigenvalue weighted by atomic mass is 10.1. The Morgan fingerprint density at radius 2 is 1.78 bits per heavy atom. The summed E-state index contributed by atoms with van der Waals surface area (Å²) in [6, 6.07) is 17.1. The zero-order chi connectivity index (χ0) is 26.5. The van der Waals surface area contributed by atoms with Crippen molar-refractivity contribution in [3.05, 3.63) is 93.1 Å². The number of nitrogens with one attached hydrogen (secondary N) is 2. The van der Waals surface area contributed by atoms with Gasteiger partial charge in [0.25, 0.3) is 5.91 Å². The van der Waals surface area contributed by atoms with Crippen LogP contribution < -0.4 is 20.1 Å². The molecule has 2 N–H and O–H groups in total. The largest absolute Gasteiger partial charge is 0.495 e. The number of halogens is 2.